The first-order valence-corrected chi connectivity index (χ1v) is 11.5. The molecule has 4 rings (SSSR count). The smallest absolute Gasteiger partial charge is 0.315 e. The summed E-state index contributed by atoms with van der Waals surface area (Å²) in [6, 6.07) is 22.2. The number of carbonyl (C=O) groups is 1. The third-order valence-electron chi connectivity index (χ3n) is 6.04. The molecule has 1 aliphatic rings. The molecule has 0 bridgehead atoms. The summed E-state index contributed by atoms with van der Waals surface area (Å²) in [6.07, 6.45) is 5.53. The molecule has 0 atom stereocenters. The van der Waals surface area contributed by atoms with E-state index in [1.54, 1.807) is 6.20 Å². The average molecular weight is 445 g/mol. The highest BCUT2D eigenvalue weighted by Gasteiger charge is 2.24. The fourth-order valence-corrected chi connectivity index (χ4v) is 4.24. The zero-order valence-electron chi connectivity index (χ0n) is 19.2. The number of aromatic nitrogens is 2. The molecule has 1 fully saturated rings. The third-order valence-corrected chi connectivity index (χ3v) is 6.04. The van der Waals surface area contributed by atoms with Gasteiger partial charge in [0.2, 0.25) is 5.95 Å². The maximum Gasteiger partial charge on any atom is 0.315 e. The molecule has 0 unspecified atom stereocenters. The van der Waals surface area contributed by atoms with E-state index in [1.807, 2.05) is 85.7 Å². The molecular formula is C26H32N6O. The van der Waals surface area contributed by atoms with Crippen LogP contribution < -0.4 is 20.9 Å². The lowest BCUT2D eigenvalue weighted by Gasteiger charge is -2.30. The summed E-state index contributed by atoms with van der Waals surface area (Å²) in [4.78, 5) is 23.7. The largest absolute Gasteiger partial charge is 0.363 e. The summed E-state index contributed by atoms with van der Waals surface area (Å²) in [7, 11) is 3.93. The molecule has 33 heavy (non-hydrogen) atoms. The second-order valence-electron chi connectivity index (χ2n) is 8.70. The Hall–Kier alpha value is -3.61. The summed E-state index contributed by atoms with van der Waals surface area (Å²) in [5.41, 5.74) is 2.12. The minimum atomic E-state index is -0.188. The van der Waals surface area contributed by atoms with Gasteiger partial charge in [-0.3, -0.25) is 0 Å². The van der Waals surface area contributed by atoms with Crippen molar-refractivity contribution in [3.8, 4) is 0 Å². The van der Waals surface area contributed by atoms with Gasteiger partial charge in [-0.15, -0.1) is 0 Å². The van der Waals surface area contributed by atoms with E-state index in [0.717, 1.165) is 42.6 Å². The van der Waals surface area contributed by atoms with Crippen LogP contribution in [-0.4, -0.2) is 42.2 Å². The molecule has 2 aromatic carbocycles. The molecule has 1 aliphatic carbocycles. The molecule has 0 radical (unpaired) electrons. The Bertz CT molecular complexity index is 980. The van der Waals surface area contributed by atoms with Crippen LogP contribution in [-0.2, 0) is 0 Å². The van der Waals surface area contributed by atoms with Gasteiger partial charge in [-0.05, 0) is 42.9 Å². The third kappa shape index (κ3) is 6.22. The van der Waals surface area contributed by atoms with E-state index in [4.69, 9.17) is 0 Å². The Balaban J connectivity index is 1.31. The lowest BCUT2D eigenvalue weighted by Crippen LogP contribution is -2.46. The van der Waals surface area contributed by atoms with Crippen molar-refractivity contribution in [2.75, 3.05) is 24.3 Å². The van der Waals surface area contributed by atoms with Crippen molar-refractivity contribution in [2.24, 2.45) is 0 Å². The van der Waals surface area contributed by atoms with E-state index in [2.05, 4.69) is 25.9 Å². The minimum Gasteiger partial charge on any atom is -0.363 e. The van der Waals surface area contributed by atoms with Crippen LogP contribution in [0.3, 0.4) is 0 Å². The summed E-state index contributed by atoms with van der Waals surface area (Å²) in [6.45, 7) is 0. The number of hydrogen-bond acceptors (Lipinski definition) is 5. The van der Waals surface area contributed by atoms with E-state index >= 15 is 0 Å². The summed E-state index contributed by atoms with van der Waals surface area (Å²) < 4.78 is 0. The van der Waals surface area contributed by atoms with Crippen LogP contribution in [0.4, 0.5) is 16.6 Å². The molecule has 7 nitrogen and oxygen atoms in total. The van der Waals surface area contributed by atoms with Gasteiger partial charge >= 0.3 is 6.03 Å². The topological polar surface area (TPSA) is 82.2 Å². The Morgan fingerprint density at radius 1 is 0.879 bits per heavy atom. The van der Waals surface area contributed by atoms with Crippen molar-refractivity contribution in [1.29, 1.82) is 0 Å². The van der Waals surface area contributed by atoms with Crippen molar-refractivity contribution in [2.45, 2.75) is 43.8 Å². The van der Waals surface area contributed by atoms with Crippen molar-refractivity contribution in [3.05, 3.63) is 84.1 Å². The normalized spacial score (nSPS) is 17.9. The molecule has 1 saturated carbocycles. The number of nitrogens with one attached hydrogen (secondary N) is 3. The van der Waals surface area contributed by atoms with Crippen LogP contribution in [0.1, 0.15) is 42.9 Å². The Labute approximate surface area is 195 Å². The molecule has 172 valence electrons. The summed E-state index contributed by atoms with van der Waals surface area (Å²) >= 11 is 0. The van der Waals surface area contributed by atoms with Crippen molar-refractivity contribution in [1.82, 2.24) is 20.6 Å². The minimum absolute atomic E-state index is 0.133. The van der Waals surface area contributed by atoms with Crippen LogP contribution in [0.2, 0.25) is 0 Å². The van der Waals surface area contributed by atoms with Crippen LogP contribution >= 0.6 is 0 Å². The first-order valence-electron chi connectivity index (χ1n) is 11.5. The van der Waals surface area contributed by atoms with Crippen molar-refractivity contribution in [3.63, 3.8) is 0 Å². The highest BCUT2D eigenvalue weighted by atomic mass is 16.2. The fraction of sp³-hybridized carbons (Fsp3) is 0.346. The molecule has 1 aromatic heterocycles. The first-order chi connectivity index (χ1) is 16.1. The first kappa shape index (κ1) is 22.6. The molecule has 0 saturated heterocycles. The van der Waals surface area contributed by atoms with Crippen LogP contribution in [0.15, 0.2) is 72.9 Å². The van der Waals surface area contributed by atoms with E-state index in [9.17, 15) is 4.79 Å². The lowest BCUT2D eigenvalue weighted by atomic mass is 9.91. The quantitative estimate of drug-likeness (QED) is 0.505. The van der Waals surface area contributed by atoms with Crippen LogP contribution in [0.5, 0.6) is 0 Å². The lowest BCUT2D eigenvalue weighted by molar-refractivity contribution is 0.229. The predicted molar refractivity (Wildman–Crippen MR) is 132 cm³/mol. The Morgan fingerprint density at radius 2 is 1.45 bits per heavy atom. The molecule has 1 heterocycles. The van der Waals surface area contributed by atoms with Gasteiger partial charge in [0.05, 0.1) is 6.04 Å². The Kier molecular flexibility index (Phi) is 7.40. The predicted octanol–water partition coefficient (Wildman–Crippen LogP) is 4.35. The maximum absolute atomic E-state index is 12.9. The summed E-state index contributed by atoms with van der Waals surface area (Å²) in [5, 5.41) is 9.80. The molecular weight excluding hydrogens is 412 g/mol. The van der Waals surface area contributed by atoms with Gasteiger partial charge in [0.1, 0.15) is 5.82 Å². The molecule has 0 aliphatic heterocycles. The van der Waals surface area contributed by atoms with E-state index in [1.165, 1.54) is 0 Å². The fourth-order valence-electron chi connectivity index (χ4n) is 4.24. The molecule has 3 aromatic rings. The van der Waals surface area contributed by atoms with Crippen LogP contribution in [0.25, 0.3) is 0 Å². The summed E-state index contributed by atoms with van der Waals surface area (Å²) in [5.74, 6) is 1.54. The zero-order chi connectivity index (χ0) is 23.0. The van der Waals surface area contributed by atoms with Gasteiger partial charge in [0.15, 0.2) is 0 Å². The van der Waals surface area contributed by atoms with E-state index in [0.29, 0.717) is 12.0 Å². The number of benzene rings is 2. The number of amides is 2. The number of urea groups is 1. The number of nitrogens with zero attached hydrogens (tertiary/aromatic N) is 3. The number of carbonyl (C=O) groups excluding carboxylic acids is 1. The number of rotatable bonds is 7. The van der Waals surface area contributed by atoms with Gasteiger partial charge in [-0.1, -0.05) is 60.7 Å². The molecule has 3 N–H and O–H groups in total. The van der Waals surface area contributed by atoms with Gasteiger partial charge < -0.3 is 20.9 Å². The number of hydrogen-bond donors (Lipinski definition) is 3. The van der Waals surface area contributed by atoms with Crippen LogP contribution in [0, 0.1) is 0 Å². The second kappa shape index (κ2) is 10.8. The van der Waals surface area contributed by atoms with Gasteiger partial charge in [0, 0.05) is 32.4 Å². The number of anilines is 2. The van der Waals surface area contributed by atoms with Gasteiger partial charge in [-0.2, -0.15) is 4.98 Å². The Morgan fingerprint density at radius 3 is 2.03 bits per heavy atom. The second-order valence-corrected chi connectivity index (χ2v) is 8.70. The van der Waals surface area contributed by atoms with Gasteiger partial charge in [-0.25, -0.2) is 9.78 Å². The maximum atomic E-state index is 12.9. The van der Waals surface area contributed by atoms with E-state index in [-0.39, 0.29) is 18.1 Å². The standard InChI is InChI=1S/C26H32N6O/c1-32(2)23-17-18-27-25(30-23)28-21-13-15-22(16-14-21)29-26(33)31-24(19-9-5-3-6-10-19)20-11-7-4-8-12-20/h3-12,17-18,21-22,24H,13-16H2,1-2H3,(H,27,28,30)(H2,29,31,33). The molecule has 7 heteroatoms. The van der Waals surface area contributed by atoms with Gasteiger partial charge in [0.25, 0.3) is 0 Å². The van der Waals surface area contributed by atoms with E-state index < -0.39 is 0 Å². The zero-order valence-corrected chi connectivity index (χ0v) is 19.2. The average Bonchev–Trinajstić information content (AvgIpc) is 2.85. The van der Waals surface area contributed by atoms with Crippen molar-refractivity contribution < 1.29 is 4.79 Å². The highest BCUT2D eigenvalue weighted by molar-refractivity contribution is 5.75. The molecule has 0 spiro atoms. The monoisotopic (exact) mass is 444 g/mol. The molecule has 2 amide bonds. The highest BCUT2D eigenvalue weighted by Crippen LogP contribution is 2.24. The van der Waals surface area contributed by atoms with Crippen molar-refractivity contribution >= 4 is 17.8 Å². The SMILES string of the molecule is CN(C)c1ccnc(NC2CCC(NC(=O)NC(c3ccccc3)c3ccccc3)CC2)n1.